The molecule has 3 amide bonds. The van der Waals surface area contributed by atoms with Gasteiger partial charge in [-0.15, -0.1) is 0 Å². The molecule has 39 heavy (non-hydrogen) atoms. The number of fused-ring (bicyclic) bond motifs is 1. The van der Waals surface area contributed by atoms with Gasteiger partial charge in [-0.3, -0.25) is 19.2 Å². The Bertz CT molecular complexity index is 1300. The maximum absolute atomic E-state index is 13.3. The Balaban J connectivity index is 1.74. The SMILES string of the molecule is CSCCC(NC(=O)C(N)Cc1ccc(O)cc1)C(=O)NC(Cc1c[nH]c2ccccc12)C(=O)NCC(=O)O. The molecule has 1 heterocycles. The lowest BCUT2D eigenvalue weighted by molar-refractivity contribution is -0.138. The van der Waals surface area contributed by atoms with E-state index in [2.05, 4.69) is 20.9 Å². The van der Waals surface area contributed by atoms with Gasteiger partial charge in [-0.25, -0.2) is 0 Å². The number of phenolic OH excluding ortho intramolecular Hbond substituents is 1. The zero-order chi connectivity index (χ0) is 28.4. The highest BCUT2D eigenvalue weighted by Crippen LogP contribution is 2.19. The number of aromatic nitrogens is 1. The predicted molar refractivity (Wildman–Crippen MR) is 149 cm³/mol. The normalized spacial score (nSPS) is 13.3. The molecule has 0 spiro atoms. The molecule has 3 unspecified atom stereocenters. The van der Waals surface area contributed by atoms with Gasteiger partial charge in [-0.05, 0) is 54.2 Å². The Morgan fingerprint density at radius 3 is 2.33 bits per heavy atom. The molecule has 208 valence electrons. The van der Waals surface area contributed by atoms with Crippen LogP contribution in [0.4, 0.5) is 0 Å². The standard InChI is InChI=1S/C27H33N5O6S/c1-39-11-10-22(31-25(36)20(28)12-16-6-8-18(33)9-7-16)27(38)32-23(26(37)30-15-24(34)35)13-17-14-29-21-5-3-2-4-19(17)21/h2-9,14,20,22-23,29,33H,10-13,15,28H2,1H3,(H,30,37)(H,31,36)(H,32,38)(H,34,35). The predicted octanol–water partition coefficient (Wildman–Crippen LogP) is 0.910. The quantitative estimate of drug-likeness (QED) is 0.153. The fraction of sp³-hybridized carbons (Fsp3) is 0.333. The fourth-order valence-electron chi connectivity index (χ4n) is 4.05. The highest BCUT2D eigenvalue weighted by Gasteiger charge is 2.29. The summed E-state index contributed by atoms with van der Waals surface area (Å²) in [6.45, 7) is -0.599. The van der Waals surface area contributed by atoms with E-state index in [0.29, 0.717) is 12.2 Å². The van der Waals surface area contributed by atoms with Gasteiger partial charge in [-0.1, -0.05) is 30.3 Å². The molecule has 0 aliphatic rings. The first-order valence-corrected chi connectivity index (χ1v) is 13.7. The van der Waals surface area contributed by atoms with Crippen LogP contribution in [0.15, 0.2) is 54.7 Å². The lowest BCUT2D eigenvalue weighted by atomic mass is 10.0. The third kappa shape index (κ3) is 8.76. The van der Waals surface area contributed by atoms with Gasteiger partial charge in [0.15, 0.2) is 0 Å². The van der Waals surface area contributed by atoms with Gasteiger partial charge >= 0.3 is 5.97 Å². The molecule has 0 aliphatic heterocycles. The molecule has 0 saturated carbocycles. The molecule has 8 N–H and O–H groups in total. The molecule has 3 atom stereocenters. The van der Waals surface area contributed by atoms with Crippen LogP contribution >= 0.6 is 11.8 Å². The van der Waals surface area contributed by atoms with E-state index >= 15 is 0 Å². The molecule has 0 radical (unpaired) electrons. The van der Waals surface area contributed by atoms with Crippen molar-refractivity contribution in [1.82, 2.24) is 20.9 Å². The Morgan fingerprint density at radius 1 is 0.949 bits per heavy atom. The van der Waals surface area contributed by atoms with Gasteiger partial charge in [-0.2, -0.15) is 11.8 Å². The summed E-state index contributed by atoms with van der Waals surface area (Å²) in [5.41, 5.74) is 8.46. The van der Waals surface area contributed by atoms with Crippen molar-refractivity contribution in [3.8, 4) is 5.75 Å². The Kier molecular flexibility index (Phi) is 10.8. The molecular formula is C27H33N5O6S. The molecule has 2 aromatic carbocycles. The average molecular weight is 556 g/mol. The van der Waals surface area contributed by atoms with Crippen molar-refractivity contribution >= 4 is 46.4 Å². The lowest BCUT2D eigenvalue weighted by Crippen LogP contribution is -2.56. The molecule has 0 fully saturated rings. The van der Waals surface area contributed by atoms with E-state index in [9.17, 15) is 24.3 Å². The van der Waals surface area contributed by atoms with Crippen LogP contribution in [0.3, 0.4) is 0 Å². The summed E-state index contributed by atoms with van der Waals surface area (Å²) in [6, 6.07) is 10.8. The highest BCUT2D eigenvalue weighted by molar-refractivity contribution is 7.98. The smallest absolute Gasteiger partial charge is 0.322 e. The summed E-state index contributed by atoms with van der Waals surface area (Å²) in [5, 5.41) is 27.0. The van der Waals surface area contributed by atoms with Crippen molar-refractivity contribution < 1.29 is 29.4 Å². The van der Waals surface area contributed by atoms with E-state index in [1.54, 1.807) is 18.3 Å². The number of phenols is 1. The van der Waals surface area contributed by atoms with E-state index < -0.39 is 48.4 Å². The van der Waals surface area contributed by atoms with Crippen LogP contribution in [0.5, 0.6) is 5.75 Å². The summed E-state index contributed by atoms with van der Waals surface area (Å²) in [4.78, 5) is 53.3. The topological polar surface area (TPSA) is 187 Å². The van der Waals surface area contributed by atoms with Crippen molar-refractivity contribution in [2.24, 2.45) is 5.73 Å². The number of carbonyl (C=O) groups excluding carboxylic acids is 3. The first kappa shape index (κ1) is 29.5. The highest BCUT2D eigenvalue weighted by atomic mass is 32.2. The Labute approximate surface area is 229 Å². The van der Waals surface area contributed by atoms with Gasteiger partial charge < -0.3 is 36.9 Å². The average Bonchev–Trinajstić information content (AvgIpc) is 3.33. The zero-order valence-corrected chi connectivity index (χ0v) is 22.3. The number of rotatable bonds is 14. The number of amides is 3. The van der Waals surface area contributed by atoms with Gasteiger partial charge in [0.2, 0.25) is 17.7 Å². The maximum atomic E-state index is 13.3. The number of carboxylic acid groups (broad SMARTS) is 1. The molecule has 0 bridgehead atoms. The molecule has 3 aromatic rings. The van der Waals surface area contributed by atoms with Crippen molar-refractivity contribution in [2.45, 2.75) is 37.4 Å². The van der Waals surface area contributed by atoms with Gasteiger partial charge in [0.1, 0.15) is 24.4 Å². The summed E-state index contributed by atoms with van der Waals surface area (Å²) < 4.78 is 0. The van der Waals surface area contributed by atoms with Crippen molar-refractivity contribution in [2.75, 3.05) is 18.6 Å². The van der Waals surface area contributed by atoms with E-state index in [4.69, 9.17) is 10.8 Å². The van der Waals surface area contributed by atoms with Gasteiger partial charge in [0.05, 0.1) is 6.04 Å². The number of carbonyl (C=O) groups is 4. The van der Waals surface area contributed by atoms with Crippen LogP contribution in [0.1, 0.15) is 17.5 Å². The third-order valence-corrected chi connectivity index (χ3v) is 6.76. The minimum Gasteiger partial charge on any atom is -0.508 e. The largest absolute Gasteiger partial charge is 0.508 e. The number of aromatic hydroxyl groups is 1. The number of nitrogens with two attached hydrogens (primary N) is 1. The maximum Gasteiger partial charge on any atom is 0.322 e. The van der Waals surface area contributed by atoms with Crippen molar-refractivity contribution in [3.63, 3.8) is 0 Å². The number of benzene rings is 2. The van der Waals surface area contributed by atoms with Gasteiger partial charge in [0, 0.05) is 23.5 Å². The van der Waals surface area contributed by atoms with E-state index in [1.165, 1.54) is 23.9 Å². The number of thioether (sulfide) groups is 1. The van der Waals surface area contributed by atoms with E-state index in [0.717, 1.165) is 22.0 Å². The molecule has 11 nitrogen and oxygen atoms in total. The van der Waals surface area contributed by atoms with Crippen LogP contribution in [0, 0.1) is 0 Å². The number of hydrogen-bond acceptors (Lipinski definition) is 7. The minimum absolute atomic E-state index is 0.0974. The van der Waals surface area contributed by atoms with Gasteiger partial charge in [0.25, 0.3) is 0 Å². The molecule has 0 saturated heterocycles. The monoisotopic (exact) mass is 555 g/mol. The molecule has 1 aromatic heterocycles. The van der Waals surface area contributed by atoms with Crippen LogP contribution in [0.2, 0.25) is 0 Å². The van der Waals surface area contributed by atoms with Crippen LogP contribution in [-0.4, -0.2) is 75.6 Å². The Morgan fingerprint density at radius 2 is 1.64 bits per heavy atom. The fourth-order valence-corrected chi connectivity index (χ4v) is 4.52. The summed E-state index contributed by atoms with van der Waals surface area (Å²) in [5.74, 6) is -2.33. The second kappa shape index (κ2) is 14.2. The number of carboxylic acids is 1. The Hall–Kier alpha value is -4.03. The van der Waals surface area contributed by atoms with E-state index in [1.807, 2.05) is 30.5 Å². The minimum atomic E-state index is -1.21. The van der Waals surface area contributed by atoms with E-state index in [-0.39, 0.29) is 18.6 Å². The number of hydrogen-bond donors (Lipinski definition) is 7. The first-order valence-electron chi connectivity index (χ1n) is 12.4. The zero-order valence-electron chi connectivity index (χ0n) is 21.5. The number of nitrogens with one attached hydrogen (secondary N) is 4. The van der Waals surface area contributed by atoms with Crippen molar-refractivity contribution in [1.29, 1.82) is 0 Å². The molecule has 0 aliphatic carbocycles. The number of para-hydroxylation sites is 1. The first-order chi connectivity index (χ1) is 18.7. The second-order valence-electron chi connectivity index (χ2n) is 9.06. The molecule has 12 heteroatoms. The number of aromatic amines is 1. The molecular weight excluding hydrogens is 522 g/mol. The number of aliphatic carboxylic acids is 1. The summed E-state index contributed by atoms with van der Waals surface area (Å²) >= 11 is 1.49. The third-order valence-electron chi connectivity index (χ3n) is 6.12. The van der Waals surface area contributed by atoms with Crippen LogP contribution in [0.25, 0.3) is 10.9 Å². The summed E-state index contributed by atoms with van der Waals surface area (Å²) in [6.07, 6.45) is 4.20. The molecule has 3 rings (SSSR count). The lowest BCUT2D eigenvalue weighted by Gasteiger charge is -2.24. The second-order valence-corrected chi connectivity index (χ2v) is 10.0. The van der Waals surface area contributed by atoms with Crippen LogP contribution in [-0.2, 0) is 32.0 Å². The summed E-state index contributed by atoms with van der Waals surface area (Å²) in [7, 11) is 0. The van der Waals surface area contributed by atoms with Crippen LogP contribution < -0.4 is 21.7 Å². The number of H-pyrrole nitrogens is 1. The van der Waals surface area contributed by atoms with Crippen molar-refractivity contribution in [3.05, 3.63) is 65.9 Å².